The number of nitrogens with zero attached hydrogens (tertiary/aromatic N) is 2. The molecular weight excluding hydrogens is 363 g/mol. The van der Waals surface area contributed by atoms with Crippen molar-refractivity contribution < 1.29 is 17.9 Å². The predicted octanol–water partition coefficient (Wildman–Crippen LogP) is 1.86. The highest BCUT2D eigenvalue weighted by atomic mass is 35.5. The number of benzene rings is 1. The van der Waals surface area contributed by atoms with Crippen LogP contribution in [0.15, 0.2) is 23.1 Å². The van der Waals surface area contributed by atoms with Gasteiger partial charge in [-0.05, 0) is 19.1 Å². The van der Waals surface area contributed by atoms with Gasteiger partial charge in [-0.2, -0.15) is 4.31 Å². The molecule has 0 aromatic heterocycles. The molecule has 2 rings (SSSR count). The standard InChI is InChI=1S/C14H18Cl2N2O4S/c1-2-22-10-13(19)17-6-8-18(9-7-17)23(20,21)14-11(15)4-3-5-12(14)16/h3-5H,2,6-10H2,1H3. The third-order valence-corrected chi connectivity index (χ3v) is 6.39. The Bertz CT molecular complexity index is 653. The van der Waals surface area contributed by atoms with Crippen LogP contribution in [0.2, 0.25) is 10.0 Å². The predicted molar refractivity (Wildman–Crippen MR) is 88.3 cm³/mol. The van der Waals surface area contributed by atoms with Gasteiger partial charge in [-0.1, -0.05) is 29.3 Å². The Morgan fingerprint density at radius 1 is 1.17 bits per heavy atom. The van der Waals surface area contributed by atoms with E-state index in [-0.39, 0.29) is 40.5 Å². The number of amides is 1. The smallest absolute Gasteiger partial charge is 0.248 e. The van der Waals surface area contributed by atoms with Crippen molar-refractivity contribution in [3.05, 3.63) is 28.2 Å². The average Bonchev–Trinajstić information content (AvgIpc) is 2.52. The quantitative estimate of drug-likeness (QED) is 0.781. The molecule has 0 bridgehead atoms. The number of ether oxygens (including phenoxy) is 1. The molecule has 1 aliphatic rings. The van der Waals surface area contributed by atoms with Crippen molar-refractivity contribution >= 4 is 39.1 Å². The summed E-state index contributed by atoms with van der Waals surface area (Å²) in [6.45, 7) is 3.31. The molecular formula is C14H18Cl2N2O4S. The number of rotatable bonds is 5. The van der Waals surface area contributed by atoms with E-state index in [9.17, 15) is 13.2 Å². The zero-order valence-corrected chi connectivity index (χ0v) is 15.0. The van der Waals surface area contributed by atoms with Crippen molar-refractivity contribution in [1.82, 2.24) is 9.21 Å². The zero-order valence-electron chi connectivity index (χ0n) is 12.7. The lowest BCUT2D eigenvalue weighted by Crippen LogP contribution is -2.51. The minimum Gasteiger partial charge on any atom is -0.372 e. The summed E-state index contributed by atoms with van der Waals surface area (Å²) in [5.74, 6) is -0.139. The van der Waals surface area contributed by atoms with E-state index in [2.05, 4.69) is 0 Å². The van der Waals surface area contributed by atoms with Gasteiger partial charge in [0.05, 0.1) is 10.0 Å². The number of carbonyl (C=O) groups excluding carboxylic acids is 1. The van der Waals surface area contributed by atoms with Crippen molar-refractivity contribution in [1.29, 1.82) is 0 Å². The summed E-state index contributed by atoms with van der Waals surface area (Å²) >= 11 is 12.0. The second-order valence-electron chi connectivity index (χ2n) is 4.97. The van der Waals surface area contributed by atoms with Crippen LogP contribution in [0.4, 0.5) is 0 Å². The Labute approximate surface area is 146 Å². The third kappa shape index (κ3) is 4.16. The molecule has 6 nitrogen and oxygen atoms in total. The van der Waals surface area contributed by atoms with Crippen LogP contribution in [0, 0.1) is 0 Å². The van der Waals surface area contributed by atoms with Gasteiger partial charge in [0.1, 0.15) is 11.5 Å². The highest BCUT2D eigenvalue weighted by Crippen LogP contribution is 2.31. The first-order chi connectivity index (χ1) is 10.9. The van der Waals surface area contributed by atoms with Gasteiger partial charge in [-0.3, -0.25) is 4.79 Å². The molecule has 1 heterocycles. The largest absolute Gasteiger partial charge is 0.372 e. The lowest BCUT2D eigenvalue weighted by Gasteiger charge is -2.34. The van der Waals surface area contributed by atoms with Crippen LogP contribution in [-0.4, -0.2) is 62.9 Å². The molecule has 0 saturated carbocycles. The molecule has 23 heavy (non-hydrogen) atoms. The fourth-order valence-electron chi connectivity index (χ4n) is 2.32. The monoisotopic (exact) mass is 380 g/mol. The normalized spacial score (nSPS) is 16.6. The maximum absolute atomic E-state index is 12.7. The lowest BCUT2D eigenvalue weighted by molar-refractivity contribution is -0.137. The first kappa shape index (κ1) is 18.5. The molecule has 0 spiro atoms. The van der Waals surface area contributed by atoms with Crippen LogP contribution in [-0.2, 0) is 19.6 Å². The number of hydrogen-bond acceptors (Lipinski definition) is 4. The second kappa shape index (κ2) is 7.81. The first-order valence-corrected chi connectivity index (χ1v) is 9.37. The average molecular weight is 381 g/mol. The van der Waals surface area contributed by atoms with Crippen molar-refractivity contribution in [3.63, 3.8) is 0 Å². The second-order valence-corrected chi connectivity index (χ2v) is 7.66. The maximum Gasteiger partial charge on any atom is 0.248 e. The van der Waals surface area contributed by atoms with Crippen LogP contribution < -0.4 is 0 Å². The summed E-state index contributed by atoms with van der Waals surface area (Å²) in [6.07, 6.45) is 0. The zero-order chi connectivity index (χ0) is 17.0. The van der Waals surface area contributed by atoms with Crippen molar-refractivity contribution in [3.8, 4) is 0 Å². The van der Waals surface area contributed by atoms with E-state index in [1.54, 1.807) is 11.0 Å². The molecule has 128 valence electrons. The summed E-state index contributed by atoms with van der Waals surface area (Å²) in [5, 5.41) is 0.180. The van der Waals surface area contributed by atoms with E-state index in [1.165, 1.54) is 16.4 Å². The molecule has 1 aromatic rings. The Morgan fingerprint density at radius 2 is 1.74 bits per heavy atom. The topological polar surface area (TPSA) is 66.9 Å². The summed E-state index contributed by atoms with van der Waals surface area (Å²) in [5.41, 5.74) is 0. The van der Waals surface area contributed by atoms with Gasteiger partial charge in [-0.25, -0.2) is 8.42 Å². The summed E-state index contributed by atoms with van der Waals surface area (Å²) in [6, 6.07) is 4.57. The first-order valence-electron chi connectivity index (χ1n) is 7.17. The van der Waals surface area contributed by atoms with Gasteiger partial charge in [0.25, 0.3) is 0 Å². The summed E-state index contributed by atoms with van der Waals surface area (Å²) < 4.78 is 31.8. The van der Waals surface area contributed by atoms with E-state index >= 15 is 0 Å². The number of hydrogen-bond donors (Lipinski definition) is 0. The van der Waals surface area contributed by atoms with Gasteiger partial charge in [0.15, 0.2) is 0 Å². The van der Waals surface area contributed by atoms with Crippen molar-refractivity contribution in [2.45, 2.75) is 11.8 Å². The van der Waals surface area contributed by atoms with Gasteiger partial charge >= 0.3 is 0 Å². The lowest BCUT2D eigenvalue weighted by atomic mass is 10.3. The van der Waals surface area contributed by atoms with E-state index in [0.29, 0.717) is 19.7 Å². The van der Waals surface area contributed by atoms with Crippen LogP contribution in [0.3, 0.4) is 0 Å². The fourth-order valence-corrected chi connectivity index (χ4v) is 4.83. The van der Waals surface area contributed by atoms with E-state index in [4.69, 9.17) is 27.9 Å². The van der Waals surface area contributed by atoms with Crippen LogP contribution in [0.5, 0.6) is 0 Å². The third-order valence-electron chi connectivity index (χ3n) is 3.54. The van der Waals surface area contributed by atoms with E-state index < -0.39 is 10.0 Å². The molecule has 1 aliphatic heterocycles. The van der Waals surface area contributed by atoms with Crippen molar-refractivity contribution in [2.75, 3.05) is 39.4 Å². The van der Waals surface area contributed by atoms with Crippen molar-refractivity contribution in [2.24, 2.45) is 0 Å². The molecule has 1 aromatic carbocycles. The molecule has 0 atom stereocenters. The maximum atomic E-state index is 12.7. The van der Waals surface area contributed by atoms with Crippen LogP contribution >= 0.6 is 23.2 Å². The van der Waals surface area contributed by atoms with Crippen LogP contribution in [0.25, 0.3) is 0 Å². The number of carbonyl (C=O) groups is 1. The summed E-state index contributed by atoms with van der Waals surface area (Å²) in [4.78, 5) is 13.4. The Kier molecular flexibility index (Phi) is 6.27. The minimum absolute atomic E-state index is 0.0135. The summed E-state index contributed by atoms with van der Waals surface area (Å²) in [7, 11) is -3.79. The van der Waals surface area contributed by atoms with E-state index in [0.717, 1.165) is 0 Å². The van der Waals surface area contributed by atoms with Gasteiger partial charge < -0.3 is 9.64 Å². The van der Waals surface area contributed by atoms with Crippen LogP contribution in [0.1, 0.15) is 6.92 Å². The molecule has 0 aliphatic carbocycles. The molecule has 1 amide bonds. The number of sulfonamides is 1. The van der Waals surface area contributed by atoms with Gasteiger partial charge in [0.2, 0.25) is 15.9 Å². The molecule has 0 unspecified atom stereocenters. The van der Waals surface area contributed by atoms with Gasteiger partial charge in [-0.15, -0.1) is 0 Å². The number of piperazine rings is 1. The van der Waals surface area contributed by atoms with E-state index in [1.807, 2.05) is 6.92 Å². The molecule has 0 radical (unpaired) electrons. The Balaban J connectivity index is 2.09. The Hall–Kier alpha value is -0.860. The SMILES string of the molecule is CCOCC(=O)N1CCN(S(=O)(=O)c2c(Cl)cccc2Cl)CC1. The molecule has 1 fully saturated rings. The molecule has 9 heteroatoms. The highest BCUT2D eigenvalue weighted by Gasteiger charge is 2.32. The fraction of sp³-hybridized carbons (Fsp3) is 0.500. The minimum atomic E-state index is -3.79. The molecule has 0 N–H and O–H groups in total. The highest BCUT2D eigenvalue weighted by molar-refractivity contribution is 7.89. The molecule has 1 saturated heterocycles. The Morgan fingerprint density at radius 3 is 2.26 bits per heavy atom. The van der Waals surface area contributed by atoms with Gasteiger partial charge in [0, 0.05) is 32.8 Å². The number of halogens is 2.